The lowest BCUT2D eigenvalue weighted by Gasteiger charge is -2.30. The Morgan fingerprint density at radius 1 is 1.40 bits per heavy atom. The molecule has 0 bridgehead atoms. The molecule has 1 aliphatic carbocycles. The molecule has 1 aromatic heterocycles. The monoisotopic (exact) mass is 221 g/mol. The average molecular weight is 221 g/mol. The Kier molecular flexibility index (Phi) is 2.37. The first kappa shape index (κ1) is 9.55. The molecule has 1 saturated heterocycles. The molecule has 3 rings (SSSR count). The minimum Gasteiger partial charge on any atom is -0.298 e. The van der Waals surface area contributed by atoms with E-state index in [0.717, 1.165) is 13.0 Å². The minimum absolute atomic E-state index is 0.414. The number of rotatable bonds is 1. The number of thiophene rings is 1. The van der Waals surface area contributed by atoms with Crippen LogP contribution in [0.4, 0.5) is 0 Å². The Morgan fingerprint density at radius 3 is 3.13 bits per heavy atom. The predicted molar refractivity (Wildman–Crippen MR) is 61.2 cm³/mol. The van der Waals surface area contributed by atoms with Gasteiger partial charge in [-0.1, -0.05) is 0 Å². The van der Waals surface area contributed by atoms with Crippen molar-refractivity contribution < 1.29 is 4.79 Å². The molecule has 0 amide bonds. The average Bonchev–Trinajstić information content (AvgIpc) is 2.84. The second kappa shape index (κ2) is 3.72. The molecule has 1 aliphatic heterocycles. The molecule has 0 radical (unpaired) electrons. The summed E-state index contributed by atoms with van der Waals surface area (Å²) in [6, 6.07) is 2.79. The van der Waals surface area contributed by atoms with Gasteiger partial charge in [0, 0.05) is 23.9 Å². The van der Waals surface area contributed by atoms with Crippen LogP contribution < -0.4 is 0 Å². The number of hydrogen-bond donors (Lipinski definition) is 0. The minimum atomic E-state index is 0.414. The fraction of sp³-hybridized carbons (Fsp3) is 0.583. The third kappa shape index (κ3) is 1.64. The van der Waals surface area contributed by atoms with E-state index >= 15 is 0 Å². The summed E-state index contributed by atoms with van der Waals surface area (Å²) in [5.74, 6) is 0.414. The quantitative estimate of drug-likeness (QED) is 0.726. The predicted octanol–water partition coefficient (Wildman–Crippen LogP) is 2.40. The molecule has 15 heavy (non-hydrogen) atoms. The highest BCUT2D eigenvalue weighted by Crippen LogP contribution is 2.37. The van der Waals surface area contributed by atoms with Gasteiger partial charge in [0.25, 0.3) is 0 Å². The highest BCUT2D eigenvalue weighted by molar-refractivity contribution is 7.10. The molecule has 2 nitrogen and oxygen atoms in total. The number of carbonyl (C=O) groups is 1. The number of fused-ring (bicyclic) bond motifs is 1. The van der Waals surface area contributed by atoms with Crippen LogP contribution in [0.5, 0.6) is 0 Å². The zero-order chi connectivity index (χ0) is 10.3. The smallest absolute Gasteiger partial charge is 0.148 e. The zero-order valence-corrected chi connectivity index (χ0v) is 9.55. The Bertz CT molecular complexity index is 385. The normalized spacial score (nSPS) is 26.9. The van der Waals surface area contributed by atoms with Crippen molar-refractivity contribution in [2.24, 2.45) is 0 Å². The van der Waals surface area contributed by atoms with Crippen LogP contribution in [0.25, 0.3) is 0 Å². The second-order valence-electron chi connectivity index (χ2n) is 4.47. The van der Waals surface area contributed by atoms with Crippen molar-refractivity contribution in [1.82, 2.24) is 4.90 Å². The molecule has 0 N–H and O–H groups in total. The van der Waals surface area contributed by atoms with Crippen molar-refractivity contribution in [3.8, 4) is 0 Å². The van der Waals surface area contributed by atoms with Crippen LogP contribution in [0.1, 0.15) is 35.7 Å². The van der Waals surface area contributed by atoms with E-state index in [1.165, 1.54) is 24.8 Å². The molecule has 2 aliphatic rings. The van der Waals surface area contributed by atoms with E-state index in [1.807, 2.05) is 11.3 Å². The summed E-state index contributed by atoms with van der Waals surface area (Å²) in [5, 5.41) is 2.20. The number of ketones is 1. The van der Waals surface area contributed by atoms with Gasteiger partial charge in [-0.15, -0.1) is 11.3 Å². The van der Waals surface area contributed by atoms with Crippen LogP contribution in [0.3, 0.4) is 0 Å². The van der Waals surface area contributed by atoms with Crippen molar-refractivity contribution >= 4 is 17.1 Å². The number of carbonyl (C=O) groups excluding carboxylic acids is 1. The second-order valence-corrected chi connectivity index (χ2v) is 5.47. The first-order valence-electron chi connectivity index (χ1n) is 5.66. The molecule has 1 aromatic rings. The number of nitrogens with zero attached hydrogens (tertiary/aromatic N) is 1. The number of aryl methyl sites for hydroxylation is 1. The molecular formula is C12H15NOS. The molecule has 2 heterocycles. The summed E-state index contributed by atoms with van der Waals surface area (Å²) in [5.41, 5.74) is 1.50. The summed E-state index contributed by atoms with van der Waals surface area (Å²) >= 11 is 1.88. The molecular weight excluding hydrogens is 206 g/mol. The maximum absolute atomic E-state index is 11.3. The van der Waals surface area contributed by atoms with Gasteiger partial charge in [0.1, 0.15) is 5.78 Å². The van der Waals surface area contributed by atoms with Gasteiger partial charge in [-0.05, 0) is 36.3 Å². The summed E-state index contributed by atoms with van der Waals surface area (Å²) in [6.07, 6.45) is 4.52. The van der Waals surface area contributed by atoms with E-state index < -0.39 is 0 Å². The summed E-state index contributed by atoms with van der Waals surface area (Å²) < 4.78 is 0. The van der Waals surface area contributed by atoms with Gasteiger partial charge in [0.15, 0.2) is 0 Å². The van der Waals surface area contributed by atoms with Crippen molar-refractivity contribution in [2.75, 3.05) is 13.1 Å². The van der Waals surface area contributed by atoms with Crippen molar-refractivity contribution in [1.29, 1.82) is 0 Å². The van der Waals surface area contributed by atoms with E-state index in [9.17, 15) is 4.79 Å². The van der Waals surface area contributed by atoms with Crippen molar-refractivity contribution in [2.45, 2.75) is 31.7 Å². The molecule has 0 spiro atoms. The fourth-order valence-corrected chi connectivity index (χ4v) is 3.74. The third-order valence-corrected chi connectivity index (χ3v) is 4.51. The molecule has 1 unspecified atom stereocenters. The van der Waals surface area contributed by atoms with Crippen LogP contribution in [0.15, 0.2) is 11.4 Å². The lowest BCUT2D eigenvalue weighted by Crippen LogP contribution is -2.28. The summed E-state index contributed by atoms with van der Waals surface area (Å²) in [6.45, 7) is 1.65. The number of likely N-dealkylation sites (tertiary alicyclic amines) is 1. The number of hydrogen-bond acceptors (Lipinski definition) is 3. The van der Waals surface area contributed by atoms with Gasteiger partial charge >= 0.3 is 0 Å². The maximum Gasteiger partial charge on any atom is 0.148 e. The Labute approximate surface area is 93.9 Å². The zero-order valence-electron chi connectivity index (χ0n) is 8.74. The first-order valence-corrected chi connectivity index (χ1v) is 6.54. The topological polar surface area (TPSA) is 20.3 Å². The van der Waals surface area contributed by atoms with Crippen LogP contribution in [0.2, 0.25) is 0 Å². The van der Waals surface area contributed by atoms with Gasteiger partial charge in [-0.25, -0.2) is 0 Å². The SMILES string of the molecule is O=C1CCN(C2CCCc3sccc32)C1. The van der Waals surface area contributed by atoms with Crippen LogP contribution in [-0.2, 0) is 11.2 Å². The molecule has 0 aromatic carbocycles. The van der Waals surface area contributed by atoms with E-state index in [4.69, 9.17) is 0 Å². The van der Waals surface area contributed by atoms with Gasteiger partial charge in [-0.3, -0.25) is 9.69 Å². The highest BCUT2D eigenvalue weighted by atomic mass is 32.1. The van der Waals surface area contributed by atoms with Gasteiger partial charge in [-0.2, -0.15) is 0 Å². The van der Waals surface area contributed by atoms with Gasteiger partial charge in [0.05, 0.1) is 6.54 Å². The Hall–Kier alpha value is -0.670. The van der Waals surface area contributed by atoms with E-state index in [-0.39, 0.29) is 0 Å². The van der Waals surface area contributed by atoms with Crippen LogP contribution in [0, 0.1) is 0 Å². The van der Waals surface area contributed by atoms with Crippen LogP contribution >= 0.6 is 11.3 Å². The highest BCUT2D eigenvalue weighted by Gasteiger charge is 2.31. The lowest BCUT2D eigenvalue weighted by atomic mass is 9.93. The Balaban J connectivity index is 1.86. The fourth-order valence-electron chi connectivity index (χ4n) is 2.76. The van der Waals surface area contributed by atoms with Gasteiger partial charge < -0.3 is 0 Å². The van der Waals surface area contributed by atoms with Gasteiger partial charge in [0.2, 0.25) is 0 Å². The Morgan fingerprint density at radius 2 is 2.33 bits per heavy atom. The molecule has 1 atom stereocenters. The van der Waals surface area contributed by atoms with E-state index in [1.54, 1.807) is 4.88 Å². The van der Waals surface area contributed by atoms with E-state index in [0.29, 0.717) is 18.4 Å². The largest absolute Gasteiger partial charge is 0.298 e. The van der Waals surface area contributed by atoms with Crippen molar-refractivity contribution in [3.05, 3.63) is 21.9 Å². The molecule has 0 saturated carbocycles. The first-order chi connectivity index (χ1) is 7.34. The summed E-state index contributed by atoms with van der Waals surface area (Å²) in [4.78, 5) is 15.2. The van der Waals surface area contributed by atoms with Crippen molar-refractivity contribution in [3.63, 3.8) is 0 Å². The third-order valence-electron chi connectivity index (χ3n) is 3.52. The molecule has 80 valence electrons. The lowest BCUT2D eigenvalue weighted by molar-refractivity contribution is -0.117. The maximum atomic E-state index is 11.3. The van der Waals surface area contributed by atoms with Crippen LogP contribution in [-0.4, -0.2) is 23.8 Å². The standard InChI is InChI=1S/C12H15NOS/c14-9-4-6-13(8-9)11-2-1-3-12-10(11)5-7-15-12/h5,7,11H,1-4,6,8H2. The number of Topliss-reactive ketones (excluding diaryl/α,β-unsaturated/α-hetero) is 1. The van der Waals surface area contributed by atoms with E-state index in [2.05, 4.69) is 16.3 Å². The molecule has 3 heteroatoms. The summed E-state index contributed by atoms with van der Waals surface area (Å²) in [7, 11) is 0. The molecule has 1 fully saturated rings.